The molecule has 0 saturated carbocycles. The first-order chi connectivity index (χ1) is 9.47. The summed E-state index contributed by atoms with van der Waals surface area (Å²) in [6.45, 7) is 0. The normalized spacial score (nSPS) is 10.1. The zero-order valence-electron chi connectivity index (χ0n) is 10.1. The van der Waals surface area contributed by atoms with Crippen LogP contribution in [0.25, 0.3) is 0 Å². The Morgan fingerprint density at radius 2 is 1.85 bits per heavy atom. The van der Waals surface area contributed by atoms with Crippen LogP contribution in [-0.2, 0) is 0 Å². The van der Waals surface area contributed by atoms with Crippen molar-refractivity contribution in [3.63, 3.8) is 0 Å². The number of carbonyl (C=O) groups excluding carboxylic acids is 1. The molecule has 0 atom stereocenters. The van der Waals surface area contributed by atoms with E-state index in [1.165, 1.54) is 30.3 Å². The first-order valence-corrected chi connectivity index (χ1v) is 5.95. The van der Waals surface area contributed by atoms with Crippen LogP contribution < -0.4 is 5.32 Å². The summed E-state index contributed by atoms with van der Waals surface area (Å²) >= 11 is 5.59. The van der Waals surface area contributed by atoms with Gasteiger partial charge in [-0.1, -0.05) is 17.7 Å². The lowest BCUT2D eigenvalue weighted by atomic mass is 10.1. The van der Waals surface area contributed by atoms with Crippen molar-refractivity contribution in [3.8, 4) is 0 Å². The van der Waals surface area contributed by atoms with Crippen molar-refractivity contribution in [2.75, 3.05) is 5.32 Å². The van der Waals surface area contributed by atoms with Crippen LogP contribution in [0.15, 0.2) is 42.5 Å². The molecule has 0 radical (unpaired) electrons. The Hall–Kier alpha value is -2.40. The smallest absolute Gasteiger partial charge is 0.335 e. The molecule has 0 aliphatic rings. The molecule has 0 heterocycles. The number of nitrogens with one attached hydrogen (secondary N) is 1. The Morgan fingerprint density at radius 1 is 1.10 bits per heavy atom. The van der Waals surface area contributed by atoms with Crippen LogP contribution in [0.2, 0.25) is 5.02 Å². The summed E-state index contributed by atoms with van der Waals surface area (Å²) in [5, 5.41) is 11.2. The quantitative estimate of drug-likeness (QED) is 0.911. The fourth-order valence-corrected chi connectivity index (χ4v) is 1.75. The second-order valence-corrected chi connectivity index (χ2v) is 4.38. The number of carbonyl (C=O) groups is 2. The molecule has 2 aromatic rings. The van der Waals surface area contributed by atoms with Crippen LogP contribution in [0.4, 0.5) is 10.1 Å². The number of rotatable bonds is 3. The SMILES string of the molecule is O=C(O)c1cccc(NC(=O)c2ccc(F)c(Cl)c2)c1. The standard InChI is InChI=1S/C14H9ClFNO3/c15-11-7-8(4-5-12(11)16)13(18)17-10-3-1-2-9(6-10)14(19)20/h1-7H,(H,17,18)(H,19,20). The minimum atomic E-state index is -1.09. The molecule has 6 heteroatoms. The van der Waals surface area contributed by atoms with Gasteiger partial charge in [0.05, 0.1) is 10.6 Å². The van der Waals surface area contributed by atoms with Crippen LogP contribution in [0.5, 0.6) is 0 Å². The summed E-state index contributed by atoms with van der Waals surface area (Å²) in [6.07, 6.45) is 0. The lowest BCUT2D eigenvalue weighted by molar-refractivity contribution is 0.0696. The minimum Gasteiger partial charge on any atom is -0.478 e. The topological polar surface area (TPSA) is 66.4 Å². The zero-order valence-corrected chi connectivity index (χ0v) is 10.8. The third kappa shape index (κ3) is 3.13. The second kappa shape index (κ2) is 5.71. The van der Waals surface area contributed by atoms with Crippen molar-refractivity contribution in [2.45, 2.75) is 0 Å². The summed E-state index contributed by atoms with van der Waals surface area (Å²) in [4.78, 5) is 22.7. The number of hydrogen-bond acceptors (Lipinski definition) is 2. The third-order valence-corrected chi connectivity index (χ3v) is 2.84. The summed E-state index contributed by atoms with van der Waals surface area (Å²) < 4.78 is 13.0. The van der Waals surface area contributed by atoms with E-state index < -0.39 is 17.7 Å². The van der Waals surface area contributed by atoms with Crippen molar-refractivity contribution in [3.05, 3.63) is 64.4 Å². The van der Waals surface area contributed by atoms with Crippen molar-refractivity contribution in [1.29, 1.82) is 0 Å². The molecule has 0 aliphatic heterocycles. The fraction of sp³-hybridized carbons (Fsp3) is 0. The van der Waals surface area contributed by atoms with Crippen molar-refractivity contribution >= 4 is 29.2 Å². The summed E-state index contributed by atoms with van der Waals surface area (Å²) in [5.41, 5.74) is 0.562. The van der Waals surface area contributed by atoms with Gasteiger partial charge in [-0.2, -0.15) is 0 Å². The highest BCUT2D eigenvalue weighted by molar-refractivity contribution is 6.31. The van der Waals surface area contributed by atoms with Gasteiger partial charge in [0.2, 0.25) is 0 Å². The molecular weight excluding hydrogens is 285 g/mol. The van der Waals surface area contributed by atoms with Crippen LogP contribution in [0.1, 0.15) is 20.7 Å². The van der Waals surface area contributed by atoms with Crippen molar-refractivity contribution in [1.82, 2.24) is 0 Å². The number of amides is 1. The number of benzene rings is 2. The molecule has 2 N–H and O–H groups in total. The Bertz CT molecular complexity index is 688. The molecule has 20 heavy (non-hydrogen) atoms. The van der Waals surface area contributed by atoms with Crippen LogP contribution in [0.3, 0.4) is 0 Å². The van der Waals surface area contributed by atoms with E-state index in [9.17, 15) is 14.0 Å². The van der Waals surface area contributed by atoms with E-state index in [2.05, 4.69) is 5.32 Å². The number of hydrogen-bond donors (Lipinski definition) is 2. The third-order valence-electron chi connectivity index (χ3n) is 2.55. The van der Waals surface area contributed by atoms with E-state index in [4.69, 9.17) is 16.7 Å². The first-order valence-electron chi connectivity index (χ1n) is 5.57. The van der Waals surface area contributed by atoms with Gasteiger partial charge in [-0.15, -0.1) is 0 Å². The minimum absolute atomic E-state index is 0.0555. The summed E-state index contributed by atoms with van der Waals surface area (Å²) in [6, 6.07) is 9.38. The van der Waals surface area contributed by atoms with Crippen LogP contribution in [-0.4, -0.2) is 17.0 Å². The van der Waals surface area contributed by atoms with E-state index in [0.29, 0.717) is 5.69 Å². The van der Waals surface area contributed by atoms with Gasteiger partial charge in [0.1, 0.15) is 5.82 Å². The van der Waals surface area contributed by atoms with Crippen LogP contribution >= 0.6 is 11.6 Å². The molecule has 0 aromatic heterocycles. The van der Waals surface area contributed by atoms with Crippen molar-refractivity contribution in [2.24, 2.45) is 0 Å². The van der Waals surface area contributed by atoms with E-state index in [1.54, 1.807) is 6.07 Å². The van der Waals surface area contributed by atoms with Gasteiger partial charge >= 0.3 is 5.97 Å². The maximum absolute atomic E-state index is 13.0. The van der Waals surface area contributed by atoms with Gasteiger partial charge in [0.15, 0.2) is 0 Å². The van der Waals surface area contributed by atoms with Gasteiger partial charge in [0, 0.05) is 11.3 Å². The number of carboxylic acids is 1. The largest absolute Gasteiger partial charge is 0.478 e. The number of aromatic carboxylic acids is 1. The second-order valence-electron chi connectivity index (χ2n) is 3.97. The first kappa shape index (κ1) is 14.0. The molecule has 0 saturated heterocycles. The molecule has 0 bridgehead atoms. The van der Waals surface area contributed by atoms with E-state index in [-0.39, 0.29) is 16.1 Å². The molecule has 2 aromatic carbocycles. The maximum atomic E-state index is 13.0. The van der Waals surface area contributed by atoms with Crippen molar-refractivity contribution < 1.29 is 19.1 Å². The summed E-state index contributed by atoms with van der Waals surface area (Å²) in [7, 11) is 0. The average molecular weight is 294 g/mol. The van der Waals surface area contributed by atoms with Gasteiger partial charge in [-0.25, -0.2) is 9.18 Å². The highest BCUT2D eigenvalue weighted by Gasteiger charge is 2.10. The number of halogens is 2. The van der Waals surface area contributed by atoms with E-state index in [0.717, 1.165) is 6.07 Å². The molecule has 1 amide bonds. The number of carboxylic acid groups (broad SMARTS) is 1. The van der Waals surface area contributed by atoms with Gasteiger partial charge in [-0.3, -0.25) is 4.79 Å². The molecule has 0 fully saturated rings. The average Bonchev–Trinajstić information content (AvgIpc) is 2.42. The summed E-state index contributed by atoms with van der Waals surface area (Å²) in [5.74, 6) is -2.21. The lowest BCUT2D eigenvalue weighted by Gasteiger charge is -2.06. The molecule has 102 valence electrons. The highest BCUT2D eigenvalue weighted by Crippen LogP contribution is 2.18. The Labute approximate surface area is 118 Å². The molecule has 2 rings (SSSR count). The predicted octanol–water partition coefficient (Wildman–Crippen LogP) is 3.43. The van der Waals surface area contributed by atoms with E-state index in [1.807, 2.05) is 0 Å². The number of anilines is 1. The molecule has 0 spiro atoms. The molecule has 0 unspecified atom stereocenters. The molecule has 4 nitrogen and oxygen atoms in total. The Morgan fingerprint density at radius 3 is 2.50 bits per heavy atom. The predicted molar refractivity (Wildman–Crippen MR) is 72.8 cm³/mol. The highest BCUT2D eigenvalue weighted by atomic mass is 35.5. The zero-order chi connectivity index (χ0) is 14.7. The Balaban J connectivity index is 2.21. The van der Waals surface area contributed by atoms with Crippen LogP contribution in [0, 0.1) is 5.82 Å². The van der Waals surface area contributed by atoms with E-state index >= 15 is 0 Å². The maximum Gasteiger partial charge on any atom is 0.335 e. The fourth-order valence-electron chi connectivity index (χ4n) is 1.57. The van der Waals surface area contributed by atoms with Gasteiger partial charge < -0.3 is 10.4 Å². The van der Waals surface area contributed by atoms with Gasteiger partial charge in [0.25, 0.3) is 5.91 Å². The Kier molecular flexibility index (Phi) is 4.00. The molecular formula is C14H9ClFNO3. The van der Waals surface area contributed by atoms with Gasteiger partial charge in [-0.05, 0) is 36.4 Å². The lowest BCUT2D eigenvalue weighted by Crippen LogP contribution is -2.12. The molecule has 0 aliphatic carbocycles. The monoisotopic (exact) mass is 293 g/mol.